The first-order valence-electron chi connectivity index (χ1n) is 4.07. The first-order valence-corrected chi connectivity index (χ1v) is 4.83. The maximum atomic E-state index is 8.87. The molecule has 1 aromatic carbocycles. The number of rotatable bonds is 2. The molecule has 8 heteroatoms. The van der Waals surface area contributed by atoms with Crippen LogP contribution in [-0.2, 0) is 0 Å². The molecule has 0 aliphatic carbocycles. The summed E-state index contributed by atoms with van der Waals surface area (Å²) in [6.07, 6.45) is 0. The zero-order chi connectivity index (χ0) is 12.1. The lowest BCUT2D eigenvalue weighted by atomic mass is 10.1. The quantitative estimate of drug-likeness (QED) is 0.494. The Morgan fingerprint density at radius 3 is 2.41 bits per heavy atom. The van der Waals surface area contributed by atoms with Crippen LogP contribution in [0.1, 0.15) is 5.56 Å². The first-order chi connectivity index (χ1) is 7.56. The number of nitrogens with zero attached hydrogens (tertiary/aromatic N) is 3. The number of nitriles is 1. The van der Waals surface area contributed by atoms with Crippen LogP contribution in [0.5, 0.6) is 0 Å². The van der Waals surface area contributed by atoms with Crippen molar-refractivity contribution in [2.75, 3.05) is 0 Å². The molecule has 1 aromatic rings. The number of nitrogens with two attached hydrogens (primary N) is 2. The smallest absolute Gasteiger partial charge is 0.211 e. The molecule has 0 heterocycles. The van der Waals surface area contributed by atoms with E-state index < -0.39 is 0 Å². The van der Waals surface area contributed by atoms with E-state index in [0.29, 0.717) is 10.6 Å². The zero-order valence-electron chi connectivity index (χ0n) is 8.39. The van der Waals surface area contributed by atoms with Gasteiger partial charge in [0, 0.05) is 5.56 Å². The second-order valence-electron chi connectivity index (χ2n) is 2.69. The highest BCUT2D eigenvalue weighted by molar-refractivity contribution is 6.44. The fourth-order valence-corrected chi connectivity index (χ4v) is 1.32. The van der Waals surface area contributed by atoms with Crippen molar-refractivity contribution in [1.82, 2.24) is 0 Å². The zero-order valence-corrected chi connectivity index (χ0v) is 10.7. The predicted octanol–water partition coefficient (Wildman–Crippen LogP) is 1.92. The van der Waals surface area contributed by atoms with E-state index >= 15 is 0 Å². The molecule has 5 nitrogen and oxygen atoms in total. The molecule has 0 saturated heterocycles. The standard InChI is InChI=1S/C9H7Cl2N5.ClH/c10-6-3-1-2-5(8(6)11)7(4-12)15-16-9(13)14;/h1-3H,(H4,13,14,16);1H/b15-7-;. The minimum atomic E-state index is -0.245. The number of benzene rings is 1. The van der Waals surface area contributed by atoms with Gasteiger partial charge in [0.1, 0.15) is 6.07 Å². The second kappa shape index (κ2) is 6.97. The van der Waals surface area contributed by atoms with Crippen LogP contribution in [0.4, 0.5) is 0 Å². The highest BCUT2D eigenvalue weighted by atomic mass is 35.5. The van der Waals surface area contributed by atoms with E-state index in [4.69, 9.17) is 39.9 Å². The van der Waals surface area contributed by atoms with Crippen LogP contribution in [0.2, 0.25) is 10.0 Å². The van der Waals surface area contributed by atoms with Gasteiger partial charge in [-0.1, -0.05) is 35.3 Å². The Labute approximate surface area is 114 Å². The summed E-state index contributed by atoms with van der Waals surface area (Å²) >= 11 is 11.7. The van der Waals surface area contributed by atoms with Gasteiger partial charge < -0.3 is 11.5 Å². The van der Waals surface area contributed by atoms with Crippen LogP contribution in [0.15, 0.2) is 28.4 Å². The summed E-state index contributed by atoms with van der Waals surface area (Å²) in [5, 5.41) is 16.4. The van der Waals surface area contributed by atoms with Gasteiger partial charge in [0.2, 0.25) is 5.96 Å². The van der Waals surface area contributed by atoms with Crippen molar-refractivity contribution in [3.8, 4) is 6.07 Å². The van der Waals surface area contributed by atoms with Gasteiger partial charge in [-0.15, -0.1) is 22.6 Å². The van der Waals surface area contributed by atoms with Crippen LogP contribution >= 0.6 is 35.6 Å². The Morgan fingerprint density at radius 2 is 1.88 bits per heavy atom. The summed E-state index contributed by atoms with van der Waals surface area (Å²) in [6.45, 7) is 0. The molecular formula is C9H8Cl3N5. The largest absolute Gasteiger partial charge is 0.369 e. The van der Waals surface area contributed by atoms with Crippen LogP contribution < -0.4 is 11.5 Å². The molecule has 0 aliphatic rings. The third kappa shape index (κ3) is 4.11. The summed E-state index contributed by atoms with van der Waals surface area (Å²) in [7, 11) is 0. The molecule has 0 unspecified atom stereocenters. The SMILES string of the molecule is Cl.N#C/C(=N/N=C(N)N)c1cccc(Cl)c1Cl. The van der Waals surface area contributed by atoms with Gasteiger partial charge in [0.25, 0.3) is 0 Å². The minimum Gasteiger partial charge on any atom is -0.369 e. The summed E-state index contributed by atoms with van der Waals surface area (Å²) in [5.74, 6) is -0.245. The van der Waals surface area contributed by atoms with Gasteiger partial charge >= 0.3 is 0 Å². The molecule has 4 N–H and O–H groups in total. The van der Waals surface area contributed by atoms with Crippen molar-refractivity contribution in [3.63, 3.8) is 0 Å². The Kier molecular flexibility index (Phi) is 6.36. The van der Waals surface area contributed by atoms with Crippen molar-refractivity contribution < 1.29 is 0 Å². The van der Waals surface area contributed by atoms with Crippen LogP contribution in [0.25, 0.3) is 0 Å². The van der Waals surface area contributed by atoms with Gasteiger partial charge in [-0.2, -0.15) is 5.26 Å². The molecule has 0 atom stereocenters. The van der Waals surface area contributed by atoms with Crippen LogP contribution in [-0.4, -0.2) is 11.7 Å². The van der Waals surface area contributed by atoms with E-state index in [1.165, 1.54) is 0 Å². The van der Waals surface area contributed by atoms with Crippen molar-refractivity contribution in [2.24, 2.45) is 21.7 Å². The molecule has 0 aliphatic heterocycles. The van der Waals surface area contributed by atoms with Crippen molar-refractivity contribution in [3.05, 3.63) is 33.8 Å². The first kappa shape index (κ1) is 15.5. The Morgan fingerprint density at radius 1 is 1.24 bits per heavy atom. The maximum absolute atomic E-state index is 8.87. The lowest BCUT2D eigenvalue weighted by molar-refractivity contribution is 1.20. The topological polar surface area (TPSA) is 101 Å². The van der Waals surface area contributed by atoms with E-state index in [9.17, 15) is 0 Å². The molecule has 17 heavy (non-hydrogen) atoms. The summed E-state index contributed by atoms with van der Waals surface area (Å²) in [5.41, 5.74) is 10.6. The average molecular weight is 293 g/mol. The molecule has 0 saturated carbocycles. The summed E-state index contributed by atoms with van der Waals surface area (Å²) < 4.78 is 0. The van der Waals surface area contributed by atoms with E-state index in [2.05, 4.69) is 10.2 Å². The summed E-state index contributed by atoms with van der Waals surface area (Å²) in [4.78, 5) is 0. The van der Waals surface area contributed by atoms with E-state index in [-0.39, 0.29) is 29.1 Å². The Bertz CT molecular complexity index is 500. The van der Waals surface area contributed by atoms with Crippen molar-refractivity contribution in [2.45, 2.75) is 0 Å². The predicted molar refractivity (Wildman–Crippen MR) is 71.7 cm³/mol. The highest BCUT2D eigenvalue weighted by Gasteiger charge is 2.10. The Balaban J connectivity index is 0.00000256. The molecule has 0 spiro atoms. The number of guanidine groups is 1. The molecular weight excluding hydrogens is 284 g/mol. The van der Waals surface area contributed by atoms with E-state index in [1.54, 1.807) is 18.2 Å². The van der Waals surface area contributed by atoms with Gasteiger partial charge in [-0.25, -0.2) is 0 Å². The molecule has 1 rings (SSSR count). The lowest BCUT2D eigenvalue weighted by Gasteiger charge is -2.01. The van der Waals surface area contributed by atoms with Crippen LogP contribution in [0.3, 0.4) is 0 Å². The van der Waals surface area contributed by atoms with Gasteiger partial charge in [0.15, 0.2) is 5.71 Å². The normalized spacial score (nSPS) is 10.1. The molecule has 0 radical (unpaired) electrons. The molecule has 0 aromatic heterocycles. The minimum absolute atomic E-state index is 0. The highest BCUT2D eigenvalue weighted by Crippen LogP contribution is 2.25. The molecule has 0 fully saturated rings. The number of halogens is 3. The van der Waals surface area contributed by atoms with E-state index in [0.717, 1.165) is 0 Å². The third-order valence-corrected chi connectivity index (χ3v) is 2.40. The Hall–Kier alpha value is -1.48. The number of hydrogen-bond acceptors (Lipinski definition) is 3. The molecule has 90 valence electrons. The second-order valence-corrected chi connectivity index (χ2v) is 3.47. The average Bonchev–Trinajstić information content (AvgIpc) is 2.24. The number of hydrogen-bond donors (Lipinski definition) is 2. The molecule has 0 amide bonds. The summed E-state index contributed by atoms with van der Waals surface area (Å²) in [6, 6.07) is 6.67. The monoisotopic (exact) mass is 291 g/mol. The van der Waals surface area contributed by atoms with Gasteiger partial charge in [0.05, 0.1) is 10.0 Å². The maximum Gasteiger partial charge on any atom is 0.211 e. The third-order valence-electron chi connectivity index (χ3n) is 1.58. The van der Waals surface area contributed by atoms with Crippen LogP contribution in [0, 0.1) is 11.3 Å². The van der Waals surface area contributed by atoms with E-state index in [1.807, 2.05) is 6.07 Å². The fraction of sp³-hybridized carbons (Fsp3) is 0. The van der Waals surface area contributed by atoms with Crippen molar-refractivity contribution in [1.29, 1.82) is 5.26 Å². The molecule has 0 bridgehead atoms. The fourth-order valence-electron chi connectivity index (χ4n) is 0.931. The van der Waals surface area contributed by atoms with Crippen molar-refractivity contribution >= 4 is 47.3 Å². The van der Waals surface area contributed by atoms with Gasteiger partial charge in [-0.05, 0) is 6.07 Å². The van der Waals surface area contributed by atoms with Gasteiger partial charge in [-0.3, -0.25) is 0 Å². The lowest BCUT2D eigenvalue weighted by Crippen LogP contribution is -2.22.